The first-order valence-corrected chi connectivity index (χ1v) is 8.44. The number of rotatable bonds is 6. The molecule has 0 spiro atoms. The number of anilines is 1. The molecule has 0 fully saturated rings. The second-order valence-corrected chi connectivity index (χ2v) is 5.69. The van der Waals surface area contributed by atoms with Gasteiger partial charge in [-0.3, -0.25) is 4.79 Å². The van der Waals surface area contributed by atoms with Gasteiger partial charge in [0.1, 0.15) is 23.6 Å². The van der Waals surface area contributed by atoms with Gasteiger partial charge < -0.3 is 10.0 Å². The molecule has 1 aromatic carbocycles. The van der Waals surface area contributed by atoms with Crippen molar-refractivity contribution >= 4 is 17.5 Å². The average Bonchev–Trinajstić information content (AvgIpc) is 2.67. The molecule has 136 valence electrons. The fourth-order valence-electron chi connectivity index (χ4n) is 2.61. The maximum Gasteiger partial charge on any atom is 0.206 e. The average molecular weight is 361 g/mol. The van der Waals surface area contributed by atoms with Crippen LogP contribution in [0.4, 0.5) is 5.69 Å². The summed E-state index contributed by atoms with van der Waals surface area (Å²) in [5, 5.41) is 28.2. The third-order valence-electron chi connectivity index (χ3n) is 4.07. The lowest BCUT2D eigenvalue weighted by atomic mass is 10.1. The number of nitriles is 2. The van der Waals surface area contributed by atoms with Gasteiger partial charge in [-0.15, -0.1) is 0 Å². The van der Waals surface area contributed by atoms with Crippen molar-refractivity contribution in [1.29, 1.82) is 10.5 Å². The van der Waals surface area contributed by atoms with Crippen molar-refractivity contribution in [2.75, 3.05) is 18.0 Å². The Hall–Kier alpha value is -3.71. The number of carbonyl (C=O) groups is 1. The molecule has 0 unspecified atom stereocenters. The van der Waals surface area contributed by atoms with Crippen molar-refractivity contribution in [3.05, 3.63) is 52.6 Å². The van der Waals surface area contributed by atoms with Gasteiger partial charge in [-0.1, -0.05) is 0 Å². The summed E-state index contributed by atoms with van der Waals surface area (Å²) < 4.78 is 0. The number of aromatic nitrogens is 2. The Balaban J connectivity index is 2.30. The monoisotopic (exact) mass is 361 g/mol. The van der Waals surface area contributed by atoms with E-state index in [-0.39, 0.29) is 28.5 Å². The van der Waals surface area contributed by atoms with Crippen LogP contribution >= 0.6 is 0 Å². The highest BCUT2D eigenvalue weighted by molar-refractivity contribution is 6.06. The number of hydrogen-bond acceptors (Lipinski definition) is 7. The Morgan fingerprint density at radius 1 is 1.19 bits per heavy atom. The molecular weight excluding hydrogens is 342 g/mol. The molecule has 0 aliphatic carbocycles. The molecule has 1 heterocycles. The maximum atomic E-state index is 12.4. The highest BCUT2D eigenvalue weighted by Crippen LogP contribution is 2.26. The van der Waals surface area contributed by atoms with Crippen LogP contribution in [0.1, 0.15) is 47.0 Å². The molecule has 0 atom stereocenters. The minimum Gasteiger partial charge on any atom is -0.507 e. The molecule has 0 bridgehead atoms. The van der Waals surface area contributed by atoms with Gasteiger partial charge in [0.2, 0.25) is 5.78 Å². The normalized spacial score (nSPS) is 10.4. The molecule has 0 saturated heterocycles. The lowest BCUT2D eigenvalue weighted by molar-refractivity contribution is 0.104. The van der Waals surface area contributed by atoms with Crippen LogP contribution in [-0.2, 0) is 0 Å². The zero-order valence-electron chi connectivity index (χ0n) is 15.4. The first kappa shape index (κ1) is 19.6. The number of carbonyl (C=O) groups excluding carboxylic acids is 1. The van der Waals surface area contributed by atoms with Crippen LogP contribution in [0.5, 0.6) is 5.75 Å². The van der Waals surface area contributed by atoms with Gasteiger partial charge in [0.15, 0.2) is 11.4 Å². The Morgan fingerprint density at radius 2 is 1.81 bits per heavy atom. The van der Waals surface area contributed by atoms with Crippen LogP contribution in [0.2, 0.25) is 0 Å². The fraction of sp³-hybridized carbons (Fsp3) is 0.250. The topological polar surface area (TPSA) is 114 Å². The van der Waals surface area contributed by atoms with E-state index in [1.165, 1.54) is 12.2 Å². The molecule has 27 heavy (non-hydrogen) atoms. The second-order valence-electron chi connectivity index (χ2n) is 5.69. The highest BCUT2D eigenvalue weighted by Gasteiger charge is 2.15. The van der Waals surface area contributed by atoms with E-state index in [0.717, 1.165) is 18.8 Å². The van der Waals surface area contributed by atoms with Crippen LogP contribution in [0, 0.1) is 29.6 Å². The number of benzene rings is 1. The molecule has 2 aromatic rings. The van der Waals surface area contributed by atoms with Crippen LogP contribution in [0.15, 0.2) is 24.3 Å². The van der Waals surface area contributed by atoms with Crippen LogP contribution in [-0.4, -0.2) is 33.9 Å². The number of phenols is 1. The molecule has 0 aliphatic heterocycles. The van der Waals surface area contributed by atoms with E-state index in [2.05, 4.69) is 14.9 Å². The Labute approximate surface area is 157 Å². The lowest BCUT2D eigenvalue weighted by Crippen LogP contribution is -2.21. The van der Waals surface area contributed by atoms with Crippen LogP contribution in [0.3, 0.4) is 0 Å². The predicted molar refractivity (Wildman–Crippen MR) is 101 cm³/mol. The van der Waals surface area contributed by atoms with E-state index < -0.39 is 5.78 Å². The third kappa shape index (κ3) is 4.28. The van der Waals surface area contributed by atoms with Crippen LogP contribution < -0.4 is 4.90 Å². The fourth-order valence-corrected chi connectivity index (χ4v) is 2.61. The van der Waals surface area contributed by atoms with Crippen molar-refractivity contribution in [1.82, 2.24) is 9.97 Å². The van der Waals surface area contributed by atoms with Crippen molar-refractivity contribution in [3.8, 4) is 17.9 Å². The highest BCUT2D eigenvalue weighted by atomic mass is 16.3. The summed E-state index contributed by atoms with van der Waals surface area (Å²) in [5.41, 5.74) is 1.35. The summed E-state index contributed by atoms with van der Waals surface area (Å²) in [6, 6.07) is 8.79. The number of aryl methyl sites for hydroxylation is 1. The summed E-state index contributed by atoms with van der Waals surface area (Å²) in [6.07, 6.45) is 2.74. The summed E-state index contributed by atoms with van der Waals surface area (Å²) in [5.74, 6) is -0.406. The summed E-state index contributed by atoms with van der Waals surface area (Å²) >= 11 is 0. The van der Waals surface area contributed by atoms with Gasteiger partial charge in [-0.05, 0) is 45.1 Å². The standard InChI is InChI=1S/C20H19N5O2/c1-4-25(5-2)15-8-6-14(19(27)10-15)7-9-18(26)20-13(3)23-16(11-21)17(12-22)24-20/h6-10,27H,4-5H2,1-3H3/b9-7+. The molecule has 1 N–H and O–H groups in total. The predicted octanol–water partition coefficient (Wildman–Crippen LogP) is 2.98. The smallest absolute Gasteiger partial charge is 0.206 e. The molecule has 0 amide bonds. The first-order chi connectivity index (χ1) is 12.9. The Bertz CT molecular complexity index is 979. The minimum atomic E-state index is -0.465. The Morgan fingerprint density at radius 3 is 2.37 bits per heavy atom. The number of hydrogen-bond donors (Lipinski definition) is 1. The minimum absolute atomic E-state index is 0.000973. The van der Waals surface area contributed by atoms with Crippen molar-refractivity contribution in [2.45, 2.75) is 20.8 Å². The van der Waals surface area contributed by atoms with Crippen molar-refractivity contribution in [3.63, 3.8) is 0 Å². The Kier molecular flexibility index (Phi) is 6.24. The van der Waals surface area contributed by atoms with Gasteiger partial charge >= 0.3 is 0 Å². The quantitative estimate of drug-likeness (QED) is 0.621. The van der Waals surface area contributed by atoms with E-state index >= 15 is 0 Å². The van der Waals surface area contributed by atoms with E-state index in [1.807, 2.05) is 19.9 Å². The number of ketones is 1. The summed E-state index contributed by atoms with van der Waals surface area (Å²) in [7, 11) is 0. The third-order valence-corrected chi connectivity index (χ3v) is 4.07. The van der Waals surface area contributed by atoms with Crippen LogP contribution in [0.25, 0.3) is 6.08 Å². The lowest BCUT2D eigenvalue weighted by Gasteiger charge is -2.21. The van der Waals surface area contributed by atoms with Gasteiger partial charge in [-0.2, -0.15) is 10.5 Å². The van der Waals surface area contributed by atoms with E-state index in [9.17, 15) is 9.90 Å². The van der Waals surface area contributed by atoms with Crippen molar-refractivity contribution in [2.24, 2.45) is 0 Å². The summed E-state index contributed by atoms with van der Waals surface area (Å²) in [6.45, 7) is 7.25. The van der Waals surface area contributed by atoms with Gasteiger partial charge in [-0.25, -0.2) is 9.97 Å². The number of allylic oxidation sites excluding steroid dienone is 1. The van der Waals surface area contributed by atoms with E-state index in [0.29, 0.717) is 5.56 Å². The van der Waals surface area contributed by atoms with E-state index in [1.54, 1.807) is 31.2 Å². The van der Waals surface area contributed by atoms with Gasteiger partial charge in [0.25, 0.3) is 0 Å². The van der Waals surface area contributed by atoms with Gasteiger partial charge in [0, 0.05) is 30.4 Å². The molecular formula is C20H19N5O2. The summed E-state index contributed by atoms with van der Waals surface area (Å²) in [4.78, 5) is 22.4. The van der Waals surface area contributed by atoms with E-state index in [4.69, 9.17) is 10.5 Å². The molecule has 7 nitrogen and oxygen atoms in total. The number of phenolic OH excluding ortho intramolecular Hbond substituents is 1. The first-order valence-electron chi connectivity index (χ1n) is 8.44. The molecule has 0 aliphatic rings. The molecule has 2 rings (SSSR count). The maximum absolute atomic E-state index is 12.4. The van der Waals surface area contributed by atoms with Gasteiger partial charge in [0.05, 0.1) is 5.69 Å². The molecule has 0 radical (unpaired) electrons. The zero-order valence-corrected chi connectivity index (χ0v) is 15.4. The number of nitrogens with zero attached hydrogens (tertiary/aromatic N) is 5. The molecule has 7 heteroatoms. The number of aromatic hydroxyl groups is 1. The largest absolute Gasteiger partial charge is 0.507 e. The molecule has 1 aromatic heterocycles. The van der Waals surface area contributed by atoms with Crippen molar-refractivity contribution < 1.29 is 9.90 Å². The molecule has 0 saturated carbocycles. The zero-order chi connectivity index (χ0) is 20.0. The second kappa shape index (κ2) is 8.59. The SMILES string of the molecule is CCN(CC)c1ccc(/C=C/C(=O)c2nc(C#N)c(C#N)nc2C)c(O)c1.